The maximum absolute atomic E-state index is 13.5. The van der Waals surface area contributed by atoms with Gasteiger partial charge in [0.1, 0.15) is 5.75 Å². The first-order valence-electron chi connectivity index (χ1n) is 14.4. The number of ether oxygens (including phenoxy) is 1. The van der Waals surface area contributed by atoms with Crippen LogP contribution in [0.5, 0.6) is 5.75 Å². The first-order chi connectivity index (χ1) is 21.0. The van der Waals surface area contributed by atoms with E-state index in [0.717, 1.165) is 17.7 Å². The number of benzene rings is 4. The largest absolute Gasteiger partial charge is 0.496 e. The van der Waals surface area contributed by atoms with E-state index in [0.29, 0.717) is 31.9 Å². The maximum atomic E-state index is 13.5. The summed E-state index contributed by atoms with van der Waals surface area (Å²) in [5.74, 6) is 0.600. The molecule has 0 spiro atoms. The Bertz CT molecular complexity index is 1430. The normalized spacial score (nSPS) is 15.8. The molecule has 4 aromatic carbocycles. The number of hydrogen-bond donors (Lipinski definition) is 0. The van der Waals surface area contributed by atoms with Crippen LogP contribution in [-0.2, 0) is 18.8 Å². The molecule has 0 bridgehead atoms. The lowest BCUT2D eigenvalue weighted by molar-refractivity contribution is -0.143. The van der Waals surface area contributed by atoms with Crippen molar-refractivity contribution in [2.75, 3.05) is 33.3 Å². The molecule has 44 heavy (non-hydrogen) atoms. The van der Waals surface area contributed by atoms with Gasteiger partial charge in [0.25, 0.3) is 0 Å². The van der Waals surface area contributed by atoms with Gasteiger partial charge in [0, 0.05) is 37.8 Å². The van der Waals surface area contributed by atoms with Gasteiger partial charge in [0.05, 0.1) is 24.3 Å². The van der Waals surface area contributed by atoms with Gasteiger partial charge in [-0.05, 0) is 53.8 Å². The minimum Gasteiger partial charge on any atom is -0.496 e. The van der Waals surface area contributed by atoms with E-state index in [1.807, 2.05) is 54.6 Å². The van der Waals surface area contributed by atoms with Crippen molar-refractivity contribution in [3.63, 3.8) is 0 Å². The van der Waals surface area contributed by atoms with E-state index in [1.54, 1.807) is 19.6 Å². The lowest BCUT2D eigenvalue weighted by atomic mass is 9.93. The third kappa shape index (κ3) is 7.45. The Morgan fingerprint density at radius 2 is 1.14 bits per heavy atom. The van der Waals surface area contributed by atoms with Gasteiger partial charge in [0.15, 0.2) is 0 Å². The van der Waals surface area contributed by atoms with E-state index in [9.17, 15) is 26.3 Å². The zero-order valence-electron chi connectivity index (χ0n) is 24.2. The third-order valence-electron chi connectivity index (χ3n) is 8.02. The highest BCUT2D eigenvalue weighted by molar-refractivity contribution is 5.40. The number of hydrogen-bond acceptors (Lipinski definition) is 3. The molecular formula is C35H33F6N2O. The molecule has 1 fully saturated rings. The van der Waals surface area contributed by atoms with Crippen LogP contribution in [-0.4, -0.2) is 43.1 Å². The van der Waals surface area contributed by atoms with Crippen molar-refractivity contribution in [1.82, 2.24) is 9.80 Å². The average molecular weight is 612 g/mol. The highest BCUT2D eigenvalue weighted by atomic mass is 19.4. The predicted molar refractivity (Wildman–Crippen MR) is 158 cm³/mol. The van der Waals surface area contributed by atoms with Crippen LogP contribution in [0.3, 0.4) is 0 Å². The minimum atomic E-state index is -4.90. The molecule has 1 aliphatic rings. The molecule has 1 aliphatic heterocycles. The molecule has 9 heteroatoms. The minimum absolute atomic E-state index is 0.0409. The molecule has 5 rings (SSSR count). The Kier molecular flexibility index (Phi) is 9.65. The molecule has 231 valence electrons. The van der Waals surface area contributed by atoms with Crippen LogP contribution in [0.15, 0.2) is 103 Å². The van der Waals surface area contributed by atoms with Crippen molar-refractivity contribution in [1.29, 1.82) is 0 Å². The van der Waals surface area contributed by atoms with E-state index in [1.165, 1.54) is 11.1 Å². The molecule has 0 N–H and O–H groups in total. The third-order valence-corrected chi connectivity index (χ3v) is 8.02. The number of para-hydroxylation sites is 1. The molecule has 4 aromatic rings. The van der Waals surface area contributed by atoms with Crippen LogP contribution < -0.4 is 4.74 Å². The lowest BCUT2D eigenvalue weighted by Gasteiger charge is -2.43. The van der Waals surface area contributed by atoms with E-state index >= 15 is 0 Å². The number of nitrogens with zero attached hydrogens (tertiary/aromatic N) is 2. The fraction of sp³-hybridized carbons (Fsp3) is 0.286. The summed E-state index contributed by atoms with van der Waals surface area (Å²) in [6.45, 7) is 2.67. The Balaban J connectivity index is 1.41. The van der Waals surface area contributed by atoms with Crippen molar-refractivity contribution >= 4 is 0 Å². The second kappa shape index (κ2) is 13.4. The molecular weight excluding hydrogens is 578 g/mol. The monoisotopic (exact) mass is 611 g/mol. The van der Waals surface area contributed by atoms with Gasteiger partial charge in [-0.1, -0.05) is 78.9 Å². The SMILES string of the molecule is COc1ccccc1C([CH]Cc1cc(C(F)(F)F)cc(C(F)(F)F)c1)N1CCN(C(c2ccccc2)c2ccccc2)CC1. The summed E-state index contributed by atoms with van der Waals surface area (Å²) in [7, 11) is 1.54. The van der Waals surface area contributed by atoms with Crippen molar-refractivity contribution < 1.29 is 31.1 Å². The quantitative estimate of drug-likeness (QED) is 0.176. The molecule has 1 heterocycles. The smallest absolute Gasteiger partial charge is 0.416 e. The molecule has 1 radical (unpaired) electrons. The second-order valence-electron chi connectivity index (χ2n) is 10.8. The Labute approximate surface area is 253 Å². The Morgan fingerprint density at radius 1 is 0.659 bits per heavy atom. The highest BCUT2D eigenvalue weighted by Gasteiger charge is 2.37. The van der Waals surface area contributed by atoms with Crippen LogP contribution in [0.1, 0.15) is 45.5 Å². The van der Waals surface area contributed by atoms with E-state index in [2.05, 4.69) is 34.1 Å². The zero-order valence-corrected chi connectivity index (χ0v) is 24.2. The first-order valence-corrected chi connectivity index (χ1v) is 14.4. The number of rotatable bonds is 9. The van der Waals surface area contributed by atoms with Gasteiger partial charge in [-0.3, -0.25) is 9.80 Å². The number of methoxy groups -OCH3 is 1. The van der Waals surface area contributed by atoms with Gasteiger partial charge in [-0.25, -0.2) is 0 Å². The molecule has 0 aromatic heterocycles. The van der Waals surface area contributed by atoms with Gasteiger partial charge in [-0.15, -0.1) is 0 Å². The second-order valence-corrected chi connectivity index (χ2v) is 10.8. The molecule has 0 aliphatic carbocycles. The standard InChI is InChI=1S/C35H33F6N2O/c1-44-32-15-9-8-14-30(32)31(17-16-25-22-28(34(36,37)38)24-29(23-25)35(39,40)41)42-18-20-43(21-19-42)33(26-10-4-2-5-11-26)27-12-6-3-7-13-27/h2-15,17,22-24,31,33H,16,18-21H2,1H3. The zero-order chi connectivity index (χ0) is 31.3. The summed E-state index contributed by atoms with van der Waals surface area (Å²) in [6.07, 6.45) is -8.10. The molecule has 1 unspecified atom stereocenters. The van der Waals surface area contributed by atoms with Gasteiger partial charge < -0.3 is 4.74 Å². The number of alkyl halides is 6. The summed E-state index contributed by atoms with van der Waals surface area (Å²) < 4.78 is 86.8. The fourth-order valence-corrected chi connectivity index (χ4v) is 5.93. The summed E-state index contributed by atoms with van der Waals surface area (Å²) in [4.78, 5) is 4.61. The summed E-state index contributed by atoms with van der Waals surface area (Å²) in [6, 6.07) is 29.3. The highest BCUT2D eigenvalue weighted by Crippen LogP contribution is 2.39. The lowest BCUT2D eigenvalue weighted by Crippen LogP contribution is -2.49. The summed E-state index contributed by atoms with van der Waals surface area (Å²) in [5.41, 5.74) is 0.458. The molecule has 0 saturated carbocycles. The van der Waals surface area contributed by atoms with Crippen LogP contribution in [0, 0.1) is 6.42 Å². The summed E-state index contributed by atoms with van der Waals surface area (Å²) in [5, 5.41) is 0. The van der Waals surface area contributed by atoms with Crippen LogP contribution in [0.4, 0.5) is 26.3 Å². The van der Waals surface area contributed by atoms with Crippen LogP contribution in [0.25, 0.3) is 0 Å². The average Bonchev–Trinajstić information content (AvgIpc) is 3.02. The topological polar surface area (TPSA) is 15.7 Å². The molecule has 1 atom stereocenters. The Morgan fingerprint density at radius 3 is 1.64 bits per heavy atom. The Hall–Kier alpha value is -3.82. The first kappa shape index (κ1) is 31.6. The van der Waals surface area contributed by atoms with Crippen LogP contribution in [0.2, 0.25) is 0 Å². The van der Waals surface area contributed by atoms with Gasteiger partial charge >= 0.3 is 12.4 Å². The van der Waals surface area contributed by atoms with Crippen LogP contribution >= 0.6 is 0 Å². The van der Waals surface area contributed by atoms with Crippen molar-refractivity contribution in [2.24, 2.45) is 0 Å². The van der Waals surface area contributed by atoms with Crippen molar-refractivity contribution in [2.45, 2.75) is 30.9 Å². The molecule has 3 nitrogen and oxygen atoms in total. The fourth-order valence-electron chi connectivity index (χ4n) is 5.93. The molecule has 0 amide bonds. The molecule has 1 saturated heterocycles. The summed E-state index contributed by atoms with van der Waals surface area (Å²) >= 11 is 0. The van der Waals surface area contributed by atoms with E-state index in [4.69, 9.17) is 4.74 Å². The van der Waals surface area contributed by atoms with Gasteiger partial charge in [0.2, 0.25) is 0 Å². The number of piperazine rings is 1. The predicted octanol–water partition coefficient (Wildman–Crippen LogP) is 8.63. The maximum Gasteiger partial charge on any atom is 0.416 e. The van der Waals surface area contributed by atoms with E-state index < -0.39 is 29.5 Å². The van der Waals surface area contributed by atoms with Crippen molar-refractivity contribution in [3.8, 4) is 5.75 Å². The van der Waals surface area contributed by atoms with Gasteiger partial charge in [-0.2, -0.15) is 26.3 Å². The van der Waals surface area contributed by atoms with E-state index in [-0.39, 0.29) is 24.1 Å². The van der Waals surface area contributed by atoms with Crippen molar-refractivity contribution in [3.05, 3.63) is 143 Å². The number of halogens is 6.